The standard InChI is InChI=1S/C17H19NO5/c1-3-21-14-7-9-15(10-8-14)22-11-12-23-17-6-4-5-16(13(17)2)18(19)20/h4-10H,3,11-12H2,1-2H3. The van der Waals surface area contributed by atoms with Gasteiger partial charge in [-0.05, 0) is 44.2 Å². The predicted octanol–water partition coefficient (Wildman–Crippen LogP) is 3.76. The second-order valence-corrected chi connectivity index (χ2v) is 4.76. The van der Waals surface area contributed by atoms with E-state index in [1.54, 1.807) is 19.1 Å². The highest BCUT2D eigenvalue weighted by molar-refractivity contribution is 5.48. The summed E-state index contributed by atoms with van der Waals surface area (Å²) in [6, 6.07) is 12.1. The van der Waals surface area contributed by atoms with E-state index in [9.17, 15) is 10.1 Å². The van der Waals surface area contributed by atoms with E-state index in [0.717, 1.165) is 5.75 Å². The molecule has 0 unspecified atom stereocenters. The third-order valence-electron chi connectivity index (χ3n) is 3.20. The number of rotatable bonds is 8. The smallest absolute Gasteiger partial charge is 0.276 e. The Morgan fingerprint density at radius 3 is 2.17 bits per heavy atom. The second-order valence-electron chi connectivity index (χ2n) is 4.76. The van der Waals surface area contributed by atoms with E-state index in [0.29, 0.717) is 36.9 Å². The lowest BCUT2D eigenvalue weighted by Gasteiger charge is -2.11. The van der Waals surface area contributed by atoms with E-state index in [4.69, 9.17) is 14.2 Å². The second kappa shape index (κ2) is 8.03. The molecule has 2 aromatic rings. The minimum atomic E-state index is -0.418. The molecule has 0 saturated heterocycles. The maximum Gasteiger partial charge on any atom is 0.276 e. The average Bonchev–Trinajstić information content (AvgIpc) is 2.54. The molecule has 0 aliphatic heterocycles. The van der Waals surface area contributed by atoms with E-state index in [1.807, 2.05) is 31.2 Å². The Balaban J connectivity index is 1.83. The number of hydrogen-bond acceptors (Lipinski definition) is 5. The molecule has 6 nitrogen and oxygen atoms in total. The van der Waals surface area contributed by atoms with Crippen LogP contribution in [-0.2, 0) is 0 Å². The zero-order valence-corrected chi connectivity index (χ0v) is 13.2. The number of nitro benzene ring substituents is 1. The van der Waals surface area contributed by atoms with Crippen LogP contribution >= 0.6 is 0 Å². The average molecular weight is 317 g/mol. The van der Waals surface area contributed by atoms with E-state index >= 15 is 0 Å². The first-order chi connectivity index (χ1) is 11.1. The number of nitrogens with zero attached hydrogens (tertiary/aromatic N) is 1. The first-order valence-corrected chi connectivity index (χ1v) is 7.34. The molecule has 0 aliphatic rings. The van der Waals surface area contributed by atoms with Crippen LogP contribution in [0.1, 0.15) is 12.5 Å². The topological polar surface area (TPSA) is 70.8 Å². The SMILES string of the molecule is CCOc1ccc(OCCOc2cccc([N+](=O)[O-])c2C)cc1. The largest absolute Gasteiger partial charge is 0.494 e. The molecule has 0 N–H and O–H groups in total. The summed E-state index contributed by atoms with van der Waals surface area (Å²) in [5, 5.41) is 10.9. The first kappa shape index (κ1) is 16.6. The van der Waals surface area contributed by atoms with Gasteiger partial charge < -0.3 is 14.2 Å². The highest BCUT2D eigenvalue weighted by Gasteiger charge is 2.13. The fourth-order valence-electron chi connectivity index (χ4n) is 2.07. The number of hydrogen-bond donors (Lipinski definition) is 0. The van der Waals surface area contributed by atoms with E-state index in [1.165, 1.54) is 6.07 Å². The van der Waals surface area contributed by atoms with Crippen molar-refractivity contribution in [2.24, 2.45) is 0 Å². The maximum absolute atomic E-state index is 10.9. The molecule has 23 heavy (non-hydrogen) atoms. The van der Waals surface area contributed by atoms with Crippen molar-refractivity contribution >= 4 is 5.69 Å². The van der Waals surface area contributed by atoms with Gasteiger partial charge in [-0.15, -0.1) is 0 Å². The molecule has 0 aliphatic carbocycles. The van der Waals surface area contributed by atoms with Crippen LogP contribution in [0.2, 0.25) is 0 Å². The molecule has 0 bridgehead atoms. The van der Waals surface area contributed by atoms with Gasteiger partial charge in [0, 0.05) is 6.07 Å². The van der Waals surface area contributed by atoms with Crippen molar-refractivity contribution < 1.29 is 19.1 Å². The summed E-state index contributed by atoms with van der Waals surface area (Å²) in [4.78, 5) is 10.5. The van der Waals surface area contributed by atoms with Crippen LogP contribution in [0.15, 0.2) is 42.5 Å². The third kappa shape index (κ3) is 4.60. The molecule has 2 rings (SSSR count). The van der Waals surface area contributed by atoms with Gasteiger partial charge in [0.1, 0.15) is 30.5 Å². The summed E-state index contributed by atoms with van der Waals surface area (Å²) in [5.41, 5.74) is 0.563. The normalized spacial score (nSPS) is 10.2. The molecule has 6 heteroatoms. The fraction of sp³-hybridized carbons (Fsp3) is 0.294. The van der Waals surface area contributed by atoms with Crippen LogP contribution in [0.5, 0.6) is 17.2 Å². The fourth-order valence-corrected chi connectivity index (χ4v) is 2.07. The third-order valence-corrected chi connectivity index (χ3v) is 3.20. The van der Waals surface area contributed by atoms with Gasteiger partial charge in [0.25, 0.3) is 5.69 Å². The van der Waals surface area contributed by atoms with Gasteiger partial charge in [0.15, 0.2) is 0 Å². The van der Waals surface area contributed by atoms with Gasteiger partial charge >= 0.3 is 0 Å². The lowest BCUT2D eigenvalue weighted by atomic mass is 10.2. The van der Waals surface area contributed by atoms with Crippen molar-refractivity contribution in [3.8, 4) is 17.2 Å². The van der Waals surface area contributed by atoms with Crippen molar-refractivity contribution in [2.45, 2.75) is 13.8 Å². The summed E-state index contributed by atoms with van der Waals surface area (Å²) in [5.74, 6) is 2.01. The molecular weight excluding hydrogens is 298 g/mol. The van der Waals surface area contributed by atoms with Crippen LogP contribution in [0.3, 0.4) is 0 Å². The lowest BCUT2D eigenvalue weighted by molar-refractivity contribution is -0.385. The monoisotopic (exact) mass is 317 g/mol. The molecule has 0 spiro atoms. The summed E-state index contributed by atoms with van der Waals surface area (Å²) in [6.45, 7) is 4.86. The van der Waals surface area contributed by atoms with Gasteiger partial charge in [-0.3, -0.25) is 10.1 Å². The van der Waals surface area contributed by atoms with Gasteiger partial charge in [-0.2, -0.15) is 0 Å². The molecule has 0 atom stereocenters. The minimum Gasteiger partial charge on any atom is -0.494 e. The molecule has 0 fully saturated rings. The molecule has 0 amide bonds. The molecule has 0 heterocycles. The van der Waals surface area contributed by atoms with Gasteiger partial charge in [0.2, 0.25) is 0 Å². The predicted molar refractivity (Wildman–Crippen MR) is 86.4 cm³/mol. The van der Waals surface area contributed by atoms with E-state index in [2.05, 4.69) is 0 Å². The van der Waals surface area contributed by atoms with Crippen LogP contribution in [0.25, 0.3) is 0 Å². The van der Waals surface area contributed by atoms with Gasteiger partial charge in [-0.1, -0.05) is 6.07 Å². The zero-order valence-electron chi connectivity index (χ0n) is 13.2. The van der Waals surface area contributed by atoms with Crippen molar-refractivity contribution in [1.29, 1.82) is 0 Å². The lowest BCUT2D eigenvalue weighted by Crippen LogP contribution is -2.10. The quantitative estimate of drug-likeness (QED) is 0.421. The Kier molecular flexibility index (Phi) is 5.80. The number of nitro groups is 1. The molecule has 122 valence electrons. The molecule has 0 radical (unpaired) electrons. The van der Waals surface area contributed by atoms with Crippen LogP contribution in [-0.4, -0.2) is 24.7 Å². The molecular formula is C17H19NO5. The Hall–Kier alpha value is -2.76. The summed E-state index contributed by atoms with van der Waals surface area (Å²) in [7, 11) is 0. The Morgan fingerprint density at radius 1 is 0.957 bits per heavy atom. The maximum atomic E-state index is 10.9. The minimum absolute atomic E-state index is 0.0509. The Bertz CT molecular complexity index is 655. The van der Waals surface area contributed by atoms with Crippen LogP contribution in [0, 0.1) is 17.0 Å². The van der Waals surface area contributed by atoms with Gasteiger partial charge in [-0.25, -0.2) is 0 Å². The Labute approximate surface area is 134 Å². The summed E-state index contributed by atoms with van der Waals surface area (Å²) in [6.07, 6.45) is 0. The Morgan fingerprint density at radius 2 is 1.57 bits per heavy atom. The summed E-state index contributed by atoms with van der Waals surface area (Å²) < 4.78 is 16.5. The van der Waals surface area contributed by atoms with Crippen molar-refractivity contribution in [2.75, 3.05) is 19.8 Å². The first-order valence-electron chi connectivity index (χ1n) is 7.34. The number of benzene rings is 2. The number of ether oxygens (including phenoxy) is 3. The van der Waals surface area contributed by atoms with Crippen molar-refractivity contribution in [3.63, 3.8) is 0 Å². The van der Waals surface area contributed by atoms with Crippen LogP contribution < -0.4 is 14.2 Å². The highest BCUT2D eigenvalue weighted by Crippen LogP contribution is 2.27. The van der Waals surface area contributed by atoms with Crippen LogP contribution in [0.4, 0.5) is 5.69 Å². The highest BCUT2D eigenvalue weighted by atomic mass is 16.6. The van der Waals surface area contributed by atoms with E-state index < -0.39 is 4.92 Å². The van der Waals surface area contributed by atoms with Gasteiger partial charge in [0.05, 0.1) is 17.1 Å². The molecule has 2 aromatic carbocycles. The zero-order chi connectivity index (χ0) is 16.7. The van der Waals surface area contributed by atoms with Crippen molar-refractivity contribution in [1.82, 2.24) is 0 Å². The van der Waals surface area contributed by atoms with Crippen molar-refractivity contribution in [3.05, 3.63) is 58.1 Å². The van der Waals surface area contributed by atoms with E-state index in [-0.39, 0.29) is 5.69 Å². The molecule has 0 aromatic heterocycles. The molecule has 0 saturated carbocycles. The summed E-state index contributed by atoms with van der Waals surface area (Å²) >= 11 is 0.